The summed E-state index contributed by atoms with van der Waals surface area (Å²) in [5.41, 5.74) is 2.87. The molecule has 0 spiro atoms. The van der Waals surface area contributed by atoms with Gasteiger partial charge in [0.25, 0.3) is 5.91 Å². The molecule has 0 fully saturated rings. The number of halogens is 1. The van der Waals surface area contributed by atoms with Gasteiger partial charge < -0.3 is 13.9 Å². The number of ether oxygens (including phenoxy) is 2. The van der Waals surface area contributed by atoms with Crippen LogP contribution in [0.2, 0.25) is 0 Å². The summed E-state index contributed by atoms with van der Waals surface area (Å²) in [4.78, 5) is 42.0. The van der Waals surface area contributed by atoms with Crippen molar-refractivity contribution >= 4 is 44.5 Å². The molecule has 0 saturated carbocycles. The zero-order valence-corrected chi connectivity index (χ0v) is 25.0. The number of carbonyl (C=O) groups excluding carboxylic acids is 2. The molecular weight excluding hydrogens is 610 g/mol. The first kappa shape index (κ1) is 28.4. The Bertz CT molecular complexity index is 1870. The van der Waals surface area contributed by atoms with Gasteiger partial charge in [0.05, 0.1) is 29.2 Å². The predicted octanol–water partition coefficient (Wildman–Crippen LogP) is 7.84. The van der Waals surface area contributed by atoms with Gasteiger partial charge in [-0.05, 0) is 72.1 Å². The van der Waals surface area contributed by atoms with Gasteiger partial charge >= 0.3 is 5.97 Å². The first-order chi connectivity index (χ1) is 20.9. The Balaban J connectivity index is 1.42. The summed E-state index contributed by atoms with van der Waals surface area (Å²) >= 11 is 3.44. The monoisotopic (exact) mass is 637 g/mol. The standard InChI is InChI=1S/C35H28BrNO6/c1-2-3-18-41-35(40)23-12-15-26(16-13-23)37-31(24-10-7-11-27(19-24)42-21-22-8-5-4-6-9-22)30-32(38)28-20-25(36)14-17-29(28)43-33(30)34(37)39/h4-17,19-20,31H,2-3,18,21H2,1H3. The molecule has 1 aliphatic heterocycles. The molecule has 0 radical (unpaired) electrons. The third-order valence-corrected chi connectivity index (χ3v) is 7.86. The summed E-state index contributed by atoms with van der Waals surface area (Å²) in [7, 11) is 0. The molecule has 0 saturated heterocycles. The highest BCUT2D eigenvalue weighted by atomic mass is 79.9. The predicted molar refractivity (Wildman–Crippen MR) is 168 cm³/mol. The maximum absolute atomic E-state index is 14.0. The zero-order valence-electron chi connectivity index (χ0n) is 23.4. The summed E-state index contributed by atoms with van der Waals surface area (Å²) in [6, 6.07) is 28.2. The topological polar surface area (TPSA) is 86.0 Å². The number of fused-ring (bicyclic) bond motifs is 2. The van der Waals surface area contributed by atoms with Crippen LogP contribution in [0.25, 0.3) is 11.0 Å². The molecule has 0 bridgehead atoms. The van der Waals surface area contributed by atoms with Crippen molar-refractivity contribution in [2.45, 2.75) is 32.4 Å². The molecule has 7 nitrogen and oxygen atoms in total. The summed E-state index contributed by atoms with van der Waals surface area (Å²) in [6.45, 7) is 2.74. The Hall–Kier alpha value is -4.69. The van der Waals surface area contributed by atoms with Crippen molar-refractivity contribution in [2.75, 3.05) is 11.5 Å². The fourth-order valence-corrected chi connectivity index (χ4v) is 5.55. The minimum atomic E-state index is -0.787. The molecule has 43 heavy (non-hydrogen) atoms. The van der Waals surface area contributed by atoms with E-state index in [1.807, 2.05) is 61.5 Å². The van der Waals surface area contributed by atoms with E-state index >= 15 is 0 Å². The van der Waals surface area contributed by atoms with Crippen LogP contribution in [0, 0.1) is 0 Å². The maximum Gasteiger partial charge on any atom is 0.338 e. The fraction of sp³-hybridized carbons (Fsp3) is 0.171. The van der Waals surface area contributed by atoms with E-state index in [-0.39, 0.29) is 16.8 Å². The van der Waals surface area contributed by atoms with Gasteiger partial charge in [-0.1, -0.05) is 71.7 Å². The second-order valence-electron chi connectivity index (χ2n) is 10.3. The molecular formula is C35H28BrNO6. The Kier molecular flexibility index (Phi) is 8.11. The third kappa shape index (κ3) is 5.70. The van der Waals surface area contributed by atoms with Gasteiger partial charge in [-0.3, -0.25) is 14.5 Å². The van der Waals surface area contributed by atoms with Gasteiger partial charge in [-0.15, -0.1) is 0 Å². The van der Waals surface area contributed by atoms with Crippen molar-refractivity contribution < 1.29 is 23.5 Å². The molecule has 1 aliphatic rings. The van der Waals surface area contributed by atoms with Gasteiger partial charge in [0.2, 0.25) is 5.76 Å². The second kappa shape index (κ2) is 12.3. The number of esters is 1. The van der Waals surface area contributed by atoms with E-state index in [2.05, 4.69) is 15.9 Å². The number of benzene rings is 4. The Labute approximate surface area is 256 Å². The first-order valence-electron chi connectivity index (χ1n) is 14.1. The van der Waals surface area contributed by atoms with Gasteiger partial charge in [0.15, 0.2) is 5.43 Å². The number of anilines is 1. The van der Waals surface area contributed by atoms with Crippen molar-refractivity contribution in [1.82, 2.24) is 0 Å². The van der Waals surface area contributed by atoms with Crippen molar-refractivity contribution in [3.05, 3.63) is 140 Å². The number of nitrogens with zero attached hydrogens (tertiary/aromatic N) is 1. The minimum absolute atomic E-state index is 0.0107. The summed E-state index contributed by atoms with van der Waals surface area (Å²) < 4.78 is 18.2. The molecule has 5 aromatic rings. The van der Waals surface area contributed by atoms with E-state index in [1.165, 1.54) is 4.90 Å². The van der Waals surface area contributed by atoms with E-state index in [9.17, 15) is 14.4 Å². The van der Waals surface area contributed by atoms with E-state index in [4.69, 9.17) is 13.9 Å². The SMILES string of the molecule is CCCCOC(=O)c1ccc(N2C(=O)c3oc4ccc(Br)cc4c(=O)c3C2c2cccc(OCc3ccccc3)c2)cc1. The first-order valence-corrected chi connectivity index (χ1v) is 14.9. The van der Waals surface area contributed by atoms with Crippen molar-refractivity contribution in [1.29, 1.82) is 0 Å². The van der Waals surface area contributed by atoms with Crippen LogP contribution in [-0.4, -0.2) is 18.5 Å². The van der Waals surface area contributed by atoms with Gasteiger partial charge in [0.1, 0.15) is 17.9 Å². The normalized spacial score (nSPS) is 14.1. The number of hydrogen-bond donors (Lipinski definition) is 0. The number of amides is 1. The maximum atomic E-state index is 14.0. The molecule has 1 unspecified atom stereocenters. The number of unbranched alkanes of at least 4 members (excludes halogenated alkanes) is 1. The highest BCUT2D eigenvalue weighted by Crippen LogP contribution is 2.42. The van der Waals surface area contributed by atoms with Crippen LogP contribution >= 0.6 is 15.9 Å². The van der Waals surface area contributed by atoms with E-state index < -0.39 is 17.9 Å². The quantitative estimate of drug-likeness (QED) is 0.121. The Morgan fingerprint density at radius 3 is 2.49 bits per heavy atom. The summed E-state index contributed by atoms with van der Waals surface area (Å²) in [5.74, 6) is -0.288. The summed E-state index contributed by atoms with van der Waals surface area (Å²) in [5, 5.41) is 0.370. The second-order valence-corrected chi connectivity index (χ2v) is 11.2. The highest BCUT2D eigenvalue weighted by molar-refractivity contribution is 9.10. The largest absolute Gasteiger partial charge is 0.489 e. The fourth-order valence-electron chi connectivity index (χ4n) is 5.19. The van der Waals surface area contributed by atoms with Crippen LogP contribution in [0.4, 0.5) is 5.69 Å². The average molecular weight is 639 g/mol. The van der Waals surface area contributed by atoms with Gasteiger partial charge in [-0.25, -0.2) is 4.79 Å². The molecule has 1 atom stereocenters. The molecule has 1 aromatic heterocycles. The molecule has 0 aliphatic carbocycles. The van der Waals surface area contributed by atoms with Gasteiger partial charge in [-0.2, -0.15) is 0 Å². The smallest absolute Gasteiger partial charge is 0.338 e. The lowest BCUT2D eigenvalue weighted by molar-refractivity contribution is 0.0499. The lowest BCUT2D eigenvalue weighted by Gasteiger charge is -2.25. The molecule has 216 valence electrons. The van der Waals surface area contributed by atoms with Crippen LogP contribution in [-0.2, 0) is 11.3 Å². The zero-order chi connectivity index (χ0) is 29.9. The van der Waals surface area contributed by atoms with Crippen LogP contribution in [0.15, 0.2) is 111 Å². The third-order valence-electron chi connectivity index (χ3n) is 7.37. The Morgan fingerprint density at radius 2 is 1.72 bits per heavy atom. The van der Waals surface area contributed by atoms with Crippen molar-refractivity contribution in [3.8, 4) is 5.75 Å². The van der Waals surface area contributed by atoms with Crippen LogP contribution in [0.1, 0.15) is 63.4 Å². The molecule has 4 aromatic carbocycles. The minimum Gasteiger partial charge on any atom is -0.489 e. The van der Waals surface area contributed by atoms with E-state index in [0.29, 0.717) is 46.7 Å². The van der Waals surface area contributed by atoms with Crippen molar-refractivity contribution in [3.63, 3.8) is 0 Å². The highest BCUT2D eigenvalue weighted by Gasteiger charge is 2.43. The molecule has 2 heterocycles. The number of rotatable bonds is 9. The van der Waals surface area contributed by atoms with E-state index in [1.54, 1.807) is 42.5 Å². The van der Waals surface area contributed by atoms with Gasteiger partial charge in [0, 0.05) is 10.2 Å². The lowest BCUT2D eigenvalue weighted by atomic mass is 9.98. The van der Waals surface area contributed by atoms with Crippen LogP contribution in [0.5, 0.6) is 5.75 Å². The van der Waals surface area contributed by atoms with E-state index in [0.717, 1.165) is 22.9 Å². The molecule has 6 rings (SSSR count). The number of carbonyl (C=O) groups is 2. The average Bonchev–Trinajstić information content (AvgIpc) is 3.33. The number of hydrogen-bond acceptors (Lipinski definition) is 6. The Morgan fingerprint density at radius 1 is 0.930 bits per heavy atom. The molecule has 1 amide bonds. The van der Waals surface area contributed by atoms with Crippen LogP contribution in [0.3, 0.4) is 0 Å². The van der Waals surface area contributed by atoms with Crippen LogP contribution < -0.4 is 15.1 Å². The lowest BCUT2D eigenvalue weighted by Crippen LogP contribution is -2.29. The summed E-state index contributed by atoms with van der Waals surface area (Å²) in [6.07, 6.45) is 1.70. The van der Waals surface area contributed by atoms with Crippen molar-refractivity contribution in [2.24, 2.45) is 0 Å². The molecule has 8 heteroatoms. The molecule has 0 N–H and O–H groups in total.